The van der Waals surface area contributed by atoms with Crippen LogP contribution in [0.5, 0.6) is 0 Å². The van der Waals surface area contributed by atoms with Gasteiger partial charge in [-0.05, 0) is 6.07 Å². The average molecular weight is 335 g/mol. The first kappa shape index (κ1) is 14.8. The maximum atomic E-state index is 12.6. The molecule has 110 valence electrons. The third-order valence-electron chi connectivity index (χ3n) is 3.49. The molecule has 0 aliphatic heterocycles. The molecule has 0 bridgehead atoms. The largest absolute Gasteiger partial charge is 0.465 e. The van der Waals surface area contributed by atoms with Gasteiger partial charge in [-0.25, -0.2) is 4.79 Å². The van der Waals surface area contributed by atoms with Gasteiger partial charge in [0.25, 0.3) is 0 Å². The molecule has 2 aromatic rings. The smallest absolute Gasteiger partial charge is 0.339 e. The van der Waals surface area contributed by atoms with E-state index in [2.05, 4.69) is 4.74 Å². The number of rotatable bonds is 1. The van der Waals surface area contributed by atoms with E-state index in [1.807, 2.05) is 0 Å². The normalized spacial score (nSPS) is 12.7. The zero-order valence-electron chi connectivity index (χ0n) is 11.3. The van der Waals surface area contributed by atoms with Crippen LogP contribution < -0.4 is 0 Å². The second kappa shape index (κ2) is 5.23. The van der Waals surface area contributed by atoms with Crippen molar-refractivity contribution in [3.05, 3.63) is 68.2 Å². The van der Waals surface area contributed by atoms with Gasteiger partial charge >= 0.3 is 5.97 Å². The quantitative estimate of drug-likeness (QED) is 0.638. The lowest BCUT2D eigenvalue weighted by Crippen LogP contribution is -2.23. The number of esters is 1. The number of benzene rings is 2. The summed E-state index contributed by atoms with van der Waals surface area (Å²) in [5.41, 5.74) is 0.415. The summed E-state index contributed by atoms with van der Waals surface area (Å²) in [5.74, 6) is -1.56. The molecule has 1 aliphatic carbocycles. The molecule has 6 heteroatoms. The Morgan fingerprint density at radius 1 is 1.00 bits per heavy atom. The Bertz CT molecular complexity index is 855. The van der Waals surface area contributed by atoms with Crippen LogP contribution in [-0.4, -0.2) is 24.6 Å². The number of hydrogen-bond acceptors (Lipinski definition) is 4. The van der Waals surface area contributed by atoms with E-state index in [-0.39, 0.29) is 37.9 Å². The summed E-state index contributed by atoms with van der Waals surface area (Å²) in [6, 6.07) is 7.64. The minimum Gasteiger partial charge on any atom is -0.465 e. The fourth-order valence-corrected chi connectivity index (χ4v) is 3.07. The molecule has 0 atom stereocenters. The molecular formula is C16H8Cl2O4. The third-order valence-corrected chi connectivity index (χ3v) is 4.18. The maximum absolute atomic E-state index is 12.6. The van der Waals surface area contributed by atoms with E-state index in [1.165, 1.54) is 19.2 Å². The first-order chi connectivity index (χ1) is 10.5. The van der Waals surface area contributed by atoms with Crippen molar-refractivity contribution in [2.24, 2.45) is 0 Å². The molecule has 4 nitrogen and oxygen atoms in total. The molecule has 2 aromatic carbocycles. The Morgan fingerprint density at radius 3 is 2.09 bits per heavy atom. The van der Waals surface area contributed by atoms with Gasteiger partial charge in [0, 0.05) is 11.1 Å². The molecule has 1 aliphatic rings. The fraction of sp³-hybridized carbons (Fsp3) is 0.0625. The molecule has 0 N–H and O–H groups in total. The summed E-state index contributed by atoms with van der Waals surface area (Å²) in [5, 5.41) is -0.133. The van der Waals surface area contributed by atoms with Crippen LogP contribution in [0.3, 0.4) is 0 Å². The highest BCUT2D eigenvalue weighted by Crippen LogP contribution is 2.38. The van der Waals surface area contributed by atoms with Crippen molar-refractivity contribution in [1.82, 2.24) is 0 Å². The van der Waals surface area contributed by atoms with Crippen molar-refractivity contribution < 1.29 is 19.1 Å². The Kier molecular flexibility index (Phi) is 3.51. The van der Waals surface area contributed by atoms with E-state index in [9.17, 15) is 14.4 Å². The lowest BCUT2D eigenvalue weighted by Gasteiger charge is -2.20. The predicted molar refractivity (Wildman–Crippen MR) is 81.1 cm³/mol. The molecule has 0 fully saturated rings. The maximum Gasteiger partial charge on any atom is 0.339 e. The van der Waals surface area contributed by atoms with Gasteiger partial charge in [0.15, 0.2) is 11.6 Å². The van der Waals surface area contributed by atoms with E-state index in [0.717, 1.165) is 0 Å². The second-order valence-corrected chi connectivity index (χ2v) is 5.45. The SMILES string of the molecule is COC(=O)c1cc(Cl)c2c(c1Cl)C(=O)c1ccccc1C2=O. The number of methoxy groups -OCH3 is 1. The van der Waals surface area contributed by atoms with Crippen molar-refractivity contribution in [2.75, 3.05) is 7.11 Å². The summed E-state index contributed by atoms with van der Waals surface area (Å²) in [6.07, 6.45) is 0. The number of fused-ring (bicyclic) bond motifs is 2. The molecule has 0 saturated heterocycles. The highest BCUT2D eigenvalue weighted by atomic mass is 35.5. The average Bonchev–Trinajstić information content (AvgIpc) is 2.53. The number of carbonyl (C=O) groups is 3. The molecular weight excluding hydrogens is 327 g/mol. The van der Waals surface area contributed by atoms with Gasteiger partial charge in [-0.3, -0.25) is 9.59 Å². The van der Waals surface area contributed by atoms with Gasteiger partial charge in [0.05, 0.1) is 33.8 Å². The van der Waals surface area contributed by atoms with E-state index in [1.54, 1.807) is 18.2 Å². The van der Waals surface area contributed by atoms with Crippen LogP contribution >= 0.6 is 23.2 Å². The third kappa shape index (κ3) is 1.95. The molecule has 0 amide bonds. The van der Waals surface area contributed by atoms with Gasteiger partial charge in [-0.15, -0.1) is 0 Å². The zero-order chi connectivity index (χ0) is 16.0. The summed E-state index contributed by atoms with van der Waals surface area (Å²) < 4.78 is 4.62. The minimum atomic E-state index is -0.728. The lowest BCUT2D eigenvalue weighted by atomic mass is 9.83. The van der Waals surface area contributed by atoms with E-state index in [4.69, 9.17) is 23.2 Å². The number of carbonyl (C=O) groups excluding carboxylic acids is 3. The van der Waals surface area contributed by atoms with Gasteiger partial charge in [0.2, 0.25) is 0 Å². The van der Waals surface area contributed by atoms with Crippen molar-refractivity contribution in [2.45, 2.75) is 0 Å². The Hall–Kier alpha value is -2.17. The molecule has 0 radical (unpaired) electrons. The highest BCUT2D eigenvalue weighted by Gasteiger charge is 2.35. The van der Waals surface area contributed by atoms with E-state index in [0.29, 0.717) is 0 Å². The van der Waals surface area contributed by atoms with Crippen LogP contribution in [0.15, 0.2) is 30.3 Å². The summed E-state index contributed by atoms with van der Waals surface area (Å²) >= 11 is 12.3. The summed E-state index contributed by atoms with van der Waals surface area (Å²) in [7, 11) is 1.19. The van der Waals surface area contributed by atoms with Crippen LogP contribution in [0.25, 0.3) is 0 Å². The Labute approximate surface area is 135 Å². The van der Waals surface area contributed by atoms with Crippen molar-refractivity contribution in [3.8, 4) is 0 Å². The van der Waals surface area contributed by atoms with Gasteiger partial charge in [0.1, 0.15) is 0 Å². The van der Waals surface area contributed by atoms with Gasteiger partial charge < -0.3 is 4.74 Å². The number of ketones is 2. The Balaban J connectivity index is 2.36. The monoisotopic (exact) mass is 334 g/mol. The first-order valence-electron chi connectivity index (χ1n) is 6.26. The van der Waals surface area contributed by atoms with E-state index >= 15 is 0 Å². The topological polar surface area (TPSA) is 60.4 Å². The van der Waals surface area contributed by atoms with Crippen LogP contribution in [0.4, 0.5) is 0 Å². The van der Waals surface area contributed by atoms with Crippen LogP contribution in [0.1, 0.15) is 42.2 Å². The first-order valence-corrected chi connectivity index (χ1v) is 7.01. The van der Waals surface area contributed by atoms with E-state index < -0.39 is 17.5 Å². The molecule has 0 spiro atoms. The fourth-order valence-electron chi connectivity index (χ4n) is 2.47. The summed E-state index contributed by atoms with van der Waals surface area (Å²) in [6.45, 7) is 0. The van der Waals surface area contributed by atoms with Crippen molar-refractivity contribution >= 4 is 40.7 Å². The van der Waals surface area contributed by atoms with Crippen LogP contribution in [-0.2, 0) is 4.74 Å². The number of ether oxygens (including phenoxy) is 1. The van der Waals surface area contributed by atoms with Crippen molar-refractivity contribution in [3.63, 3.8) is 0 Å². The molecule has 22 heavy (non-hydrogen) atoms. The van der Waals surface area contributed by atoms with Crippen LogP contribution in [0, 0.1) is 0 Å². The standard InChI is InChI=1S/C16H8Cl2O4/c1-22-16(21)9-6-10(17)11-12(13(9)18)15(20)8-5-3-2-4-7(8)14(11)19/h2-6H,1H3. The predicted octanol–water partition coefficient (Wildman–Crippen LogP) is 3.56. The molecule has 0 saturated carbocycles. The zero-order valence-corrected chi connectivity index (χ0v) is 12.8. The van der Waals surface area contributed by atoms with Crippen molar-refractivity contribution in [1.29, 1.82) is 0 Å². The molecule has 0 heterocycles. The molecule has 3 rings (SSSR count). The van der Waals surface area contributed by atoms with Gasteiger partial charge in [-0.1, -0.05) is 47.5 Å². The number of hydrogen-bond donors (Lipinski definition) is 0. The van der Waals surface area contributed by atoms with Gasteiger partial charge in [-0.2, -0.15) is 0 Å². The molecule has 0 unspecified atom stereocenters. The summed E-state index contributed by atoms with van der Waals surface area (Å²) in [4.78, 5) is 37.0. The lowest BCUT2D eigenvalue weighted by molar-refractivity contribution is 0.0600. The second-order valence-electron chi connectivity index (χ2n) is 4.67. The minimum absolute atomic E-state index is 0.00680. The Morgan fingerprint density at radius 2 is 1.55 bits per heavy atom. The highest BCUT2D eigenvalue weighted by molar-refractivity contribution is 6.45. The van der Waals surface area contributed by atoms with Crippen LogP contribution in [0.2, 0.25) is 10.0 Å². The number of halogens is 2. The molecule has 0 aromatic heterocycles.